The Kier molecular flexibility index (Phi) is 4.43. The van der Waals surface area contributed by atoms with Gasteiger partial charge < -0.3 is 15.8 Å². The fraction of sp³-hybridized carbons (Fsp3) is 0.462. The van der Waals surface area contributed by atoms with Crippen molar-refractivity contribution < 1.29 is 26.7 Å². The van der Waals surface area contributed by atoms with Gasteiger partial charge in [0.1, 0.15) is 5.75 Å². The van der Waals surface area contributed by atoms with Crippen LogP contribution in [0.5, 0.6) is 5.75 Å². The maximum Gasteiger partial charge on any atom is 0.573 e. The van der Waals surface area contributed by atoms with E-state index in [1.165, 1.54) is 12.1 Å². The van der Waals surface area contributed by atoms with Gasteiger partial charge in [-0.3, -0.25) is 0 Å². The van der Waals surface area contributed by atoms with E-state index in [2.05, 4.69) is 15.0 Å². The van der Waals surface area contributed by atoms with Gasteiger partial charge in [-0.15, -0.1) is 13.2 Å². The third kappa shape index (κ3) is 5.05. The largest absolute Gasteiger partial charge is 0.573 e. The van der Waals surface area contributed by atoms with Crippen molar-refractivity contribution in [2.75, 3.05) is 0 Å². The smallest absolute Gasteiger partial charge is 0.406 e. The average molecular weight is 323 g/mol. The normalized spacial score (nSPS) is 18.7. The van der Waals surface area contributed by atoms with Crippen LogP contribution in [0.3, 0.4) is 0 Å². The molecule has 0 radical (unpaired) electrons. The number of halogens is 5. The van der Waals surface area contributed by atoms with Crippen molar-refractivity contribution in [3.63, 3.8) is 0 Å². The molecule has 1 aromatic rings. The molecule has 122 valence electrons. The molecule has 0 amide bonds. The van der Waals surface area contributed by atoms with Crippen molar-refractivity contribution in [3.05, 3.63) is 29.8 Å². The lowest BCUT2D eigenvalue weighted by molar-refractivity contribution is -0.274. The van der Waals surface area contributed by atoms with Crippen molar-refractivity contribution in [2.24, 2.45) is 10.7 Å². The van der Waals surface area contributed by atoms with Crippen molar-refractivity contribution in [2.45, 2.75) is 37.7 Å². The van der Waals surface area contributed by atoms with E-state index in [0.717, 1.165) is 12.1 Å². The molecule has 0 saturated heterocycles. The molecule has 3 N–H and O–H groups in total. The molecular formula is C13H14F5N3O. The lowest BCUT2D eigenvalue weighted by Gasteiger charge is -2.35. The SMILES string of the molecule is NC(=NCc1ccc(OC(F)(F)F)cc1)NC1CC(F)(F)C1. The predicted molar refractivity (Wildman–Crippen MR) is 69.6 cm³/mol. The lowest BCUT2D eigenvalue weighted by Crippen LogP contribution is -2.52. The van der Waals surface area contributed by atoms with E-state index >= 15 is 0 Å². The van der Waals surface area contributed by atoms with Gasteiger partial charge in [-0.1, -0.05) is 12.1 Å². The Hall–Kier alpha value is -2.06. The summed E-state index contributed by atoms with van der Waals surface area (Å²) in [4.78, 5) is 3.94. The second kappa shape index (κ2) is 5.98. The van der Waals surface area contributed by atoms with Crippen LogP contribution < -0.4 is 15.8 Å². The first kappa shape index (κ1) is 16.3. The summed E-state index contributed by atoms with van der Waals surface area (Å²) in [6.45, 7) is 0.119. The summed E-state index contributed by atoms with van der Waals surface area (Å²) in [5.74, 6) is -2.95. The maximum atomic E-state index is 12.6. The van der Waals surface area contributed by atoms with Crippen LogP contribution in [0.1, 0.15) is 18.4 Å². The minimum atomic E-state index is -4.74. The fourth-order valence-corrected chi connectivity index (χ4v) is 1.99. The summed E-state index contributed by atoms with van der Waals surface area (Å²) in [7, 11) is 0. The molecule has 0 bridgehead atoms. The second-order valence-electron chi connectivity index (χ2n) is 5.00. The minimum Gasteiger partial charge on any atom is -0.406 e. The summed E-state index contributed by atoms with van der Waals surface area (Å²) in [6, 6.07) is 4.74. The van der Waals surface area contributed by atoms with E-state index in [-0.39, 0.29) is 31.1 Å². The zero-order valence-electron chi connectivity index (χ0n) is 11.3. The Balaban J connectivity index is 1.82. The zero-order chi connectivity index (χ0) is 16.4. The lowest BCUT2D eigenvalue weighted by atomic mass is 9.88. The topological polar surface area (TPSA) is 59.6 Å². The number of nitrogens with one attached hydrogen (secondary N) is 1. The van der Waals surface area contributed by atoms with Gasteiger partial charge in [0.15, 0.2) is 5.96 Å². The number of alkyl halides is 5. The molecule has 1 aromatic carbocycles. The van der Waals surface area contributed by atoms with Gasteiger partial charge in [-0.2, -0.15) is 0 Å². The van der Waals surface area contributed by atoms with Crippen molar-refractivity contribution >= 4 is 5.96 Å². The van der Waals surface area contributed by atoms with Crippen LogP contribution in [0.25, 0.3) is 0 Å². The van der Waals surface area contributed by atoms with Gasteiger partial charge in [0, 0.05) is 18.9 Å². The number of hydrogen-bond donors (Lipinski definition) is 2. The highest BCUT2D eigenvalue weighted by Crippen LogP contribution is 2.37. The number of guanidine groups is 1. The molecule has 9 heteroatoms. The van der Waals surface area contributed by atoms with Crippen LogP contribution in [0.2, 0.25) is 0 Å². The second-order valence-corrected chi connectivity index (χ2v) is 5.00. The number of ether oxygens (including phenoxy) is 1. The van der Waals surface area contributed by atoms with Gasteiger partial charge in [0.25, 0.3) is 5.92 Å². The molecule has 1 aliphatic rings. The monoisotopic (exact) mass is 323 g/mol. The molecule has 0 spiro atoms. The average Bonchev–Trinajstić information content (AvgIpc) is 2.34. The number of nitrogens with two attached hydrogens (primary N) is 1. The number of aliphatic imine (C=N–C) groups is 1. The Morgan fingerprint density at radius 1 is 1.27 bits per heavy atom. The van der Waals surface area contributed by atoms with E-state index in [4.69, 9.17) is 5.73 Å². The Labute approximate surface area is 123 Å². The maximum absolute atomic E-state index is 12.6. The number of rotatable bonds is 4. The Bertz CT molecular complexity index is 534. The van der Waals surface area contributed by atoms with Gasteiger partial charge >= 0.3 is 6.36 Å². The van der Waals surface area contributed by atoms with Crippen LogP contribution in [-0.4, -0.2) is 24.3 Å². The molecular weight excluding hydrogens is 309 g/mol. The van der Waals surface area contributed by atoms with E-state index < -0.39 is 18.3 Å². The predicted octanol–water partition coefficient (Wildman–Crippen LogP) is 2.79. The third-order valence-electron chi connectivity index (χ3n) is 3.03. The van der Waals surface area contributed by atoms with Crippen molar-refractivity contribution in [3.8, 4) is 5.75 Å². The third-order valence-corrected chi connectivity index (χ3v) is 3.03. The molecule has 0 aliphatic heterocycles. The standard InChI is InChI=1S/C13H14F5N3O/c14-12(15)5-9(6-12)21-11(19)20-7-8-1-3-10(4-2-8)22-13(16,17)18/h1-4,9H,5-7H2,(H3,19,20,21). The molecule has 2 rings (SSSR count). The first-order valence-corrected chi connectivity index (χ1v) is 6.42. The number of hydrogen-bond acceptors (Lipinski definition) is 2. The highest BCUT2D eigenvalue weighted by molar-refractivity contribution is 5.78. The van der Waals surface area contributed by atoms with Crippen LogP contribution >= 0.6 is 0 Å². The number of nitrogens with zero attached hydrogens (tertiary/aromatic N) is 1. The number of benzene rings is 1. The summed E-state index contributed by atoms with van der Waals surface area (Å²) in [6.07, 6.45) is -5.31. The Morgan fingerprint density at radius 3 is 2.36 bits per heavy atom. The highest BCUT2D eigenvalue weighted by Gasteiger charge is 2.45. The van der Waals surface area contributed by atoms with Crippen LogP contribution in [0.15, 0.2) is 29.3 Å². The molecule has 1 saturated carbocycles. The van der Waals surface area contributed by atoms with Gasteiger partial charge in [0.2, 0.25) is 0 Å². The quantitative estimate of drug-likeness (QED) is 0.509. The first-order valence-electron chi connectivity index (χ1n) is 6.42. The van der Waals surface area contributed by atoms with Gasteiger partial charge in [-0.05, 0) is 17.7 Å². The first-order chi connectivity index (χ1) is 10.1. The van der Waals surface area contributed by atoms with Crippen molar-refractivity contribution in [1.82, 2.24) is 5.32 Å². The van der Waals surface area contributed by atoms with Crippen LogP contribution in [0, 0.1) is 0 Å². The van der Waals surface area contributed by atoms with Crippen molar-refractivity contribution in [1.29, 1.82) is 0 Å². The fourth-order valence-electron chi connectivity index (χ4n) is 1.99. The summed E-state index contributed by atoms with van der Waals surface area (Å²) in [5.41, 5.74) is 6.16. The molecule has 1 aliphatic carbocycles. The summed E-state index contributed by atoms with van der Waals surface area (Å²) in [5, 5.41) is 2.66. The molecule has 0 unspecified atom stereocenters. The Morgan fingerprint density at radius 2 is 1.86 bits per heavy atom. The van der Waals surface area contributed by atoms with E-state index in [0.29, 0.717) is 5.56 Å². The van der Waals surface area contributed by atoms with E-state index in [1.54, 1.807) is 0 Å². The molecule has 0 heterocycles. The molecule has 22 heavy (non-hydrogen) atoms. The zero-order valence-corrected chi connectivity index (χ0v) is 11.3. The van der Waals surface area contributed by atoms with Gasteiger partial charge in [0.05, 0.1) is 6.54 Å². The molecule has 0 atom stereocenters. The van der Waals surface area contributed by atoms with E-state index in [1.807, 2.05) is 0 Å². The molecule has 4 nitrogen and oxygen atoms in total. The van der Waals surface area contributed by atoms with E-state index in [9.17, 15) is 22.0 Å². The van der Waals surface area contributed by atoms with Crippen LogP contribution in [0.4, 0.5) is 22.0 Å². The summed E-state index contributed by atoms with van der Waals surface area (Å²) >= 11 is 0. The molecule has 1 fully saturated rings. The molecule has 0 aromatic heterocycles. The van der Waals surface area contributed by atoms with Gasteiger partial charge in [-0.25, -0.2) is 13.8 Å². The minimum absolute atomic E-state index is 0.0242. The summed E-state index contributed by atoms with van der Waals surface area (Å²) < 4.78 is 65.0. The van der Waals surface area contributed by atoms with Crippen LogP contribution in [-0.2, 0) is 6.54 Å². The highest BCUT2D eigenvalue weighted by atomic mass is 19.4.